The number of hydrogen-bond acceptors (Lipinski definition) is 2. The molecule has 1 aromatic rings. The van der Waals surface area contributed by atoms with E-state index < -0.39 is 30.1 Å². The van der Waals surface area contributed by atoms with Crippen molar-refractivity contribution in [3.63, 3.8) is 0 Å². The third-order valence-corrected chi connectivity index (χ3v) is 1.95. The molecule has 0 aromatic heterocycles. The van der Waals surface area contributed by atoms with Crippen LogP contribution in [0.3, 0.4) is 0 Å². The molecule has 0 aliphatic rings. The van der Waals surface area contributed by atoms with Crippen LogP contribution in [0.25, 0.3) is 6.08 Å². The van der Waals surface area contributed by atoms with Crippen molar-refractivity contribution in [2.24, 2.45) is 0 Å². The lowest BCUT2D eigenvalue weighted by Gasteiger charge is -2.14. The van der Waals surface area contributed by atoms with Gasteiger partial charge in [0.2, 0.25) is 0 Å². The summed E-state index contributed by atoms with van der Waals surface area (Å²) in [6.07, 6.45) is -7.04. The molecule has 0 atom stereocenters. The molecule has 0 heterocycles. The molecule has 0 aliphatic carbocycles. The van der Waals surface area contributed by atoms with Crippen molar-refractivity contribution in [1.82, 2.24) is 0 Å². The molecule has 1 rings (SSSR count). The smallest absolute Gasteiger partial charge is 0.478 e. The van der Waals surface area contributed by atoms with Crippen molar-refractivity contribution in [3.05, 3.63) is 35.4 Å². The normalized spacial score (nSPS) is 12.1. The van der Waals surface area contributed by atoms with Crippen LogP contribution in [0.4, 0.5) is 22.0 Å². The number of aliphatic carboxylic acids is 1. The maximum absolute atomic E-state index is 12.8. The number of halogens is 5. The molecular weight excluding hydrogens is 275 g/mol. The molecule has 19 heavy (non-hydrogen) atoms. The lowest BCUT2D eigenvalue weighted by molar-refractivity contribution is -0.275. The van der Waals surface area contributed by atoms with Crippen molar-refractivity contribution in [2.45, 2.75) is 12.8 Å². The molecule has 0 amide bonds. The Balaban J connectivity index is 3.26. The highest BCUT2D eigenvalue weighted by Crippen LogP contribution is 2.35. The van der Waals surface area contributed by atoms with Gasteiger partial charge in [0.05, 0.1) is 5.56 Å². The van der Waals surface area contributed by atoms with E-state index in [9.17, 15) is 26.7 Å². The van der Waals surface area contributed by atoms with Gasteiger partial charge >= 0.3 is 12.3 Å². The molecule has 0 aliphatic heterocycles. The van der Waals surface area contributed by atoms with Crippen LogP contribution in [0.15, 0.2) is 24.3 Å². The lowest BCUT2D eigenvalue weighted by Crippen LogP contribution is -2.18. The summed E-state index contributed by atoms with van der Waals surface area (Å²) in [5, 5.41) is 8.37. The molecule has 3 nitrogen and oxygen atoms in total. The third kappa shape index (κ3) is 4.57. The van der Waals surface area contributed by atoms with Gasteiger partial charge in [-0.1, -0.05) is 12.1 Å². The zero-order valence-electron chi connectivity index (χ0n) is 9.12. The number of carbonyl (C=O) groups is 1. The van der Waals surface area contributed by atoms with Gasteiger partial charge in [-0.15, -0.1) is 13.2 Å². The first kappa shape index (κ1) is 14.9. The summed E-state index contributed by atoms with van der Waals surface area (Å²) >= 11 is 0. The number of carboxylic acid groups (broad SMARTS) is 1. The SMILES string of the molecule is O=C(O)/C=C/c1cccc(OC(F)(F)F)c1C(F)F. The van der Waals surface area contributed by atoms with Crippen molar-refractivity contribution in [1.29, 1.82) is 0 Å². The maximum atomic E-state index is 12.8. The molecule has 104 valence electrons. The van der Waals surface area contributed by atoms with E-state index in [0.717, 1.165) is 24.3 Å². The Labute approximate surface area is 103 Å². The van der Waals surface area contributed by atoms with Gasteiger partial charge < -0.3 is 9.84 Å². The molecule has 0 radical (unpaired) electrons. The predicted octanol–water partition coefficient (Wildman–Crippen LogP) is 3.62. The maximum Gasteiger partial charge on any atom is 0.573 e. The lowest BCUT2D eigenvalue weighted by atomic mass is 10.1. The van der Waals surface area contributed by atoms with Crippen LogP contribution in [-0.2, 0) is 4.79 Å². The van der Waals surface area contributed by atoms with E-state index in [0.29, 0.717) is 6.08 Å². The summed E-state index contributed by atoms with van der Waals surface area (Å²) in [4.78, 5) is 10.3. The van der Waals surface area contributed by atoms with E-state index in [2.05, 4.69) is 4.74 Å². The topological polar surface area (TPSA) is 46.5 Å². The van der Waals surface area contributed by atoms with Crippen molar-refractivity contribution >= 4 is 12.0 Å². The summed E-state index contributed by atoms with van der Waals surface area (Å²) in [6, 6.07) is 2.84. The van der Waals surface area contributed by atoms with E-state index in [1.807, 2.05) is 0 Å². The van der Waals surface area contributed by atoms with Crippen LogP contribution in [0.2, 0.25) is 0 Å². The Morgan fingerprint density at radius 2 is 1.95 bits per heavy atom. The molecule has 0 fully saturated rings. The highest BCUT2D eigenvalue weighted by atomic mass is 19.4. The number of hydrogen-bond donors (Lipinski definition) is 1. The minimum Gasteiger partial charge on any atom is -0.478 e. The zero-order valence-corrected chi connectivity index (χ0v) is 9.12. The fraction of sp³-hybridized carbons (Fsp3) is 0.182. The molecule has 0 bridgehead atoms. The van der Waals surface area contributed by atoms with Crippen molar-refractivity contribution < 1.29 is 36.6 Å². The first-order chi connectivity index (χ1) is 8.70. The van der Waals surface area contributed by atoms with E-state index in [1.54, 1.807) is 0 Å². The predicted molar refractivity (Wildman–Crippen MR) is 54.8 cm³/mol. The summed E-state index contributed by atoms with van der Waals surface area (Å²) in [6.45, 7) is 0. The summed E-state index contributed by atoms with van der Waals surface area (Å²) in [5.41, 5.74) is -1.38. The third-order valence-electron chi connectivity index (χ3n) is 1.95. The van der Waals surface area contributed by atoms with Gasteiger partial charge in [-0.25, -0.2) is 13.6 Å². The molecule has 1 N–H and O–H groups in total. The monoisotopic (exact) mass is 282 g/mol. The second-order valence-electron chi connectivity index (χ2n) is 3.28. The number of ether oxygens (including phenoxy) is 1. The number of rotatable bonds is 4. The Morgan fingerprint density at radius 3 is 2.42 bits per heavy atom. The minimum atomic E-state index is -5.11. The molecule has 8 heteroatoms. The fourth-order valence-corrected chi connectivity index (χ4v) is 1.31. The Kier molecular flexibility index (Phi) is 4.47. The van der Waals surface area contributed by atoms with Crippen LogP contribution in [0.1, 0.15) is 17.6 Å². The van der Waals surface area contributed by atoms with Gasteiger partial charge in [-0.3, -0.25) is 0 Å². The van der Waals surface area contributed by atoms with Crippen LogP contribution in [-0.4, -0.2) is 17.4 Å². The molecule has 0 spiro atoms. The average Bonchev–Trinajstić information content (AvgIpc) is 2.23. The number of alkyl halides is 5. The highest BCUT2D eigenvalue weighted by molar-refractivity contribution is 5.85. The van der Waals surface area contributed by atoms with Crippen molar-refractivity contribution in [3.8, 4) is 5.75 Å². The first-order valence-corrected chi connectivity index (χ1v) is 4.78. The molecule has 0 saturated carbocycles. The standard InChI is InChI=1S/C11H7F5O3/c12-10(13)9-6(4-5-8(17)18)2-1-3-7(9)19-11(14,15)16/h1-5,10H,(H,17,18)/b5-4+. The Hall–Kier alpha value is -2.12. The van der Waals surface area contributed by atoms with Gasteiger partial charge in [-0.2, -0.15) is 0 Å². The van der Waals surface area contributed by atoms with E-state index >= 15 is 0 Å². The number of carboxylic acids is 1. The van der Waals surface area contributed by atoms with Gasteiger partial charge in [0.25, 0.3) is 6.43 Å². The number of benzene rings is 1. The molecular formula is C11H7F5O3. The van der Waals surface area contributed by atoms with E-state index in [-0.39, 0.29) is 5.56 Å². The van der Waals surface area contributed by atoms with Gasteiger partial charge in [-0.05, 0) is 17.7 Å². The summed E-state index contributed by atoms with van der Waals surface area (Å²) in [5.74, 6) is -2.47. The van der Waals surface area contributed by atoms with Crippen LogP contribution >= 0.6 is 0 Å². The van der Waals surface area contributed by atoms with Crippen molar-refractivity contribution in [2.75, 3.05) is 0 Å². The van der Waals surface area contributed by atoms with Crippen LogP contribution < -0.4 is 4.74 Å². The average molecular weight is 282 g/mol. The quantitative estimate of drug-likeness (QED) is 0.677. The van der Waals surface area contributed by atoms with Crippen LogP contribution in [0, 0.1) is 0 Å². The molecule has 0 unspecified atom stereocenters. The Bertz CT molecular complexity index is 494. The summed E-state index contributed by atoms with van der Waals surface area (Å²) < 4.78 is 65.2. The second kappa shape index (κ2) is 5.68. The van der Waals surface area contributed by atoms with Crippen LogP contribution in [0.5, 0.6) is 5.75 Å². The van der Waals surface area contributed by atoms with Gasteiger partial charge in [0, 0.05) is 6.08 Å². The second-order valence-corrected chi connectivity index (χ2v) is 3.28. The first-order valence-electron chi connectivity index (χ1n) is 4.78. The fourth-order valence-electron chi connectivity index (χ4n) is 1.31. The van der Waals surface area contributed by atoms with E-state index in [4.69, 9.17) is 5.11 Å². The summed E-state index contributed by atoms with van der Waals surface area (Å²) in [7, 11) is 0. The largest absolute Gasteiger partial charge is 0.573 e. The Morgan fingerprint density at radius 1 is 1.32 bits per heavy atom. The zero-order chi connectivity index (χ0) is 14.6. The molecule has 0 saturated heterocycles. The highest BCUT2D eigenvalue weighted by Gasteiger charge is 2.33. The van der Waals surface area contributed by atoms with Gasteiger partial charge in [0.1, 0.15) is 5.75 Å². The van der Waals surface area contributed by atoms with Gasteiger partial charge in [0.15, 0.2) is 0 Å². The minimum absolute atomic E-state index is 0.362. The molecule has 1 aromatic carbocycles. The van der Waals surface area contributed by atoms with E-state index in [1.165, 1.54) is 0 Å².